The number of aromatic nitrogens is 3. The highest BCUT2D eigenvalue weighted by Gasteiger charge is 2.13. The third-order valence-corrected chi connectivity index (χ3v) is 1.82. The fourth-order valence-electron chi connectivity index (χ4n) is 1.20. The quantitative estimate of drug-likeness (QED) is 0.668. The van der Waals surface area contributed by atoms with Gasteiger partial charge in [-0.3, -0.25) is 4.90 Å². The van der Waals surface area contributed by atoms with E-state index >= 15 is 0 Å². The Morgan fingerprint density at radius 2 is 1.92 bits per heavy atom. The van der Waals surface area contributed by atoms with Crippen molar-refractivity contribution in [3.63, 3.8) is 0 Å². The van der Waals surface area contributed by atoms with Gasteiger partial charge in [0.25, 0.3) is 0 Å². The predicted octanol–water partition coefficient (Wildman–Crippen LogP) is 0.884. The fourth-order valence-corrected chi connectivity index (χ4v) is 1.20. The minimum Gasteiger partial charge on any atom is -0.300 e. The SMILES string of the molecule is CCC(c1ncncn1)N(C)C. The molecule has 66 valence electrons. The van der Waals surface area contributed by atoms with E-state index in [1.807, 2.05) is 14.1 Å². The highest BCUT2D eigenvalue weighted by atomic mass is 15.1. The predicted molar refractivity (Wildman–Crippen MR) is 46.5 cm³/mol. The summed E-state index contributed by atoms with van der Waals surface area (Å²) in [5.41, 5.74) is 0. The normalized spacial score (nSPS) is 13.3. The Morgan fingerprint density at radius 3 is 2.33 bits per heavy atom. The number of hydrogen-bond acceptors (Lipinski definition) is 4. The molecule has 0 spiro atoms. The van der Waals surface area contributed by atoms with Gasteiger partial charge in [-0.1, -0.05) is 6.92 Å². The molecule has 0 radical (unpaired) electrons. The van der Waals surface area contributed by atoms with E-state index < -0.39 is 0 Å². The van der Waals surface area contributed by atoms with E-state index in [4.69, 9.17) is 0 Å². The first-order chi connectivity index (χ1) is 5.75. The molecule has 1 aromatic heterocycles. The van der Waals surface area contributed by atoms with Gasteiger partial charge in [0.1, 0.15) is 18.5 Å². The summed E-state index contributed by atoms with van der Waals surface area (Å²) >= 11 is 0. The molecule has 0 fully saturated rings. The highest BCUT2D eigenvalue weighted by Crippen LogP contribution is 2.15. The molecule has 0 aromatic carbocycles. The van der Waals surface area contributed by atoms with Crippen LogP contribution in [0.2, 0.25) is 0 Å². The summed E-state index contributed by atoms with van der Waals surface area (Å²) in [5.74, 6) is 0.845. The molecule has 0 saturated carbocycles. The Kier molecular flexibility index (Phi) is 3.10. The number of nitrogens with zero attached hydrogens (tertiary/aromatic N) is 4. The van der Waals surface area contributed by atoms with Gasteiger partial charge in [-0.15, -0.1) is 0 Å². The zero-order chi connectivity index (χ0) is 8.97. The lowest BCUT2D eigenvalue weighted by Crippen LogP contribution is -2.21. The number of rotatable bonds is 3. The molecule has 0 bridgehead atoms. The molecule has 0 N–H and O–H groups in total. The number of hydrogen-bond donors (Lipinski definition) is 0. The van der Waals surface area contributed by atoms with Crippen LogP contribution in [0.15, 0.2) is 12.7 Å². The van der Waals surface area contributed by atoms with Crippen LogP contribution in [0.1, 0.15) is 25.2 Å². The molecule has 4 nitrogen and oxygen atoms in total. The monoisotopic (exact) mass is 166 g/mol. The van der Waals surface area contributed by atoms with Crippen LogP contribution in [-0.2, 0) is 0 Å². The van der Waals surface area contributed by atoms with Gasteiger partial charge in [-0.2, -0.15) is 0 Å². The lowest BCUT2D eigenvalue weighted by molar-refractivity contribution is 0.279. The van der Waals surface area contributed by atoms with Crippen LogP contribution in [0.4, 0.5) is 0 Å². The van der Waals surface area contributed by atoms with E-state index in [0.29, 0.717) is 6.04 Å². The third kappa shape index (κ3) is 1.98. The average Bonchev–Trinajstić information content (AvgIpc) is 2.07. The van der Waals surface area contributed by atoms with Crippen molar-refractivity contribution in [3.05, 3.63) is 18.5 Å². The molecule has 12 heavy (non-hydrogen) atoms. The largest absolute Gasteiger partial charge is 0.300 e. The standard InChI is InChI=1S/C8H14N4/c1-4-7(12(2)3)8-10-5-9-6-11-8/h5-7H,4H2,1-3H3. The summed E-state index contributed by atoms with van der Waals surface area (Å²) in [5, 5.41) is 0. The average molecular weight is 166 g/mol. The van der Waals surface area contributed by atoms with Crippen LogP contribution in [-0.4, -0.2) is 33.9 Å². The molecule has 1 unspecified atom stereocenters. The maximum atomic E-state index is 4.11. The van der Waals surface area contributed by atoms with Crippen LogP contribution in [0.25, 0.3) is 0 Å². The Labute approximate surface area is 72.7 Å². The van der Waals surface area contributed by atoms with Crippen molar-refractivity contribution in [2.75, 3.05) is 14.1 Å². The van der Waals surface area contributed by atoms with Crippen LogP contribution < -0.4 is 0 Å². The molecule has 0 aliphatic heterocycles. The van der Waals surface area contributed by atoms with E-state index in [-0.39, 0.29) is 0 Å². The first kappa shape index (κ1) is 9.06. The minimum atomic E-state index is 0.299. The van der Waals surface area contributed by atoms with Gasteiger partial charge in [-0.05, 0) is 20.5 Å². The van der Waals surface area contributed by atoms with E-state index in [1.165, 1.54) is 12.7 Å². The highest BCUT2D eigenvalue weighted by molar-refractivity contribution is 4.90. The summed E-state index contributed by atoms with van der Waals surface area (Å²) < 4.78 is 0. The van der Waals surface area contributed by atoms with Crippen molar-refractivity contribution in [1.29, 1.82) is 0 Å². The van der Waals surface area contributed by atoms with Crippen molar-refractivity contribution in [2.45, 2.75) is 19.4 Å². The zero-order valence-electron chi connectivity index (χ0n) is 7.73. The Bertz CT molecular complexity index is 222. The van der Waals surface area contributed by atoms with Crippen LogP contribution in [0, 0.1) is 0 Å². The van der Waals surface area contributed by atoms with Crippen LogP contribution in [0.5, 0.6) is 0 Å². The second kappa shape index (κ2) is 4.11. The van der Waals surface area contributed by atoms with Gasteiger partial charge in [0, 0.05) is 0 Å². The summed E-state index contributed by atoms with van der Waals surface area (Å²) in [4.78, 5) is 14.1. The second-order valence-electron chi connectivity index (χ2n) is 2.88. The summed E-state index contributed by atoms with van der Waals surface area (Å²) in [6, 6.07) is 0.299. The molecular formula is C8H14N4. The molecule has 1 heterocycles. The van der Waals surface area contributed by atoms with E-state index in [9.17, 15) is 0 Å². The Morgan fingerprint density at radius 1 is 1.33 bits per heavy atom. The van der Waals surface area contributed by atoms with E-state index in [0.717, 1.165) is 12.2 Å². The molecule has 1 atom stereocenters. The molecule has 0 saturated heterocycles. The lowest BCUT2D eigenvalue weighted by atomic mass is 10.2. The van der Waals surface area contributed by atoms with Gasteiger partial charge in [0.2, 0.25) is 0 Å². The van der Waals surface area contributed by atoms with Crippen LogP contribution in [0.3, 0.4) is 0 Å². The molecule has 0 aliphatic rings. The van der Waals surface area contributed by atoms with Gasteiger partial charge >= 0.3 is 0 Å². The van der Waals surface area contributed by atoms with Gasteiger partial charge in [0.15, 0.2) is 0 Å². The van der Waals surface area contributed by atoms with Crippen molar-refractivity contribution in [2.24, 2.45) is 0 Å². The third-order valence-electron chi connectivity index (χ3n) is 1.82. The van der Waals surface area contributed by atoms with E-state index in [1.54, 1.807) is 0 Å². The van der Waals surface area contributed by atoms with Crippen molar-refractivity contribution >= 4 is 0 Å². The summed E-state index contributed by atoms with van der Waals surface area (Å²) in [6.07, 6.45) is 4.08. The maximum absolute atomic E-state index is 4.11. The summed E-state index contributed by atoms with van der Waals surface area (Å²) in [6.45, 7) is 2.12. The smallest absolute Gasteiger partial charge is 0.149 e. The van der Waals surface area contributed by atoms with E-state index in [2.05, 4.69) is 26.8 Å². The molecule has 0 amide bonds. The van der Waals surface area contributed by atoms with Gasteiger partial charge in [-0.25, -0.2) is 15.0 Å². The Balaban J connectivity index is 2.80. The molecule has 1 aromatic rings. The second-order valence-corrected chi connectivity index (χ2v) is 2.88. The first-order valence-electron chi connectivity index (χ1n) is 4.04. The molecular weight excluding hydrogens is 152 g/mol. The minimum absolute atomic E-state index is 0.299. The Hall–Kier alpha value is -1.03. The maximum Gasteiger partial charge on any atom is 0.149 e. The zero-order valence-corrected chi connectivity index (χ0v) is 7.73. The fraction of sp³-hybridized carbons (Fsp3) is 0.625. The summed E-state index contributed by atoms with van der Waals surface area (Å²) in [7, 11) is 4.05. The van der Waals surface area contributed by atoms with Crippen molar-refractivity contribution in [3.8, 4) is 0 Å². The lowest BCUT2D eigenvalue weighted by Gasteiger charge is -2.20. The topological polar surface area (TPSA) is 41.9 Å². The molecule has 1 rings (SSSR count). The first-order valence-corrected chi connectivity index (χ1v) is 4.04. The van der Waals surface area contributed by atoms with Crippen molar-refractivity contribution < 1.29 is 0 Å². The van der Waals surface area contributed by atoms with Gasteiger partial charge < -0.3 is 0 Å². The van der Waals surface area contributed by atoms with Crippen LogP contribution >= 0.6 is 0 Å². The molecule has 4 heteroatoms. The molecule has 0 aliphatic carbocycles. The van der Waals surface area contributed by atoms with Gasteiger partial charge in [0.05, 0.1) is 6.04 Å². The van der Waals surface area contributed by atoms with Crippen molar-refractivity contribution in [1.82, 2.24) is 19.9 Å².